The smallest absolute Gasteiger partial charge is 0.253 e. The van der Waals surface area contributed by atoms with Gasteiger partial charge >= 0.3 is 0 Å². The summed E-state index contributed by atoms with van der Waals surface area (Å²) in [4.78, 5) is 14.4. The number of hydrogen-bond acceptors (Lipinski definition) is 3. The van der Waals surface area contributed by atoms with Crippen molar-refractivity contribution in [2.24, 2.45) is 16.3 Å². The highest BCUT2D eigenvalue weighted by Gasteiger charge is 2.30. The summed E-state index contributed by atoms with van der Waals surface area (Å²) in [5.74, 6) is 0.0302. The molecule has 0 radical (unpaired) electrons. The van der Waals surface area contributed by atoms with Crippen LogP contribution in [-0.4, -0.2) is 34.9 Å². The van der Waals surface area contributed by atoms with Crippen molar-refractivity contribution in [3.05, 3.63) is 35.4 Å². The number of amidine groups is 1. The predicted octanol–water partition coefficient (Wildman–Crippen LogP) is 2.43. The van der Waals surface area contributed by atoms with Gasteiger partial charge in [0.1, 0.15) is 0 Å². The molecular weight excluding hydrogens is 266 g/mol. The molecule has 1 aliphatic heterocycles. The third-order valence-corrected chi connectivity index (χ3v) is 4.62. The standard InChI is InChI=1S/C16H23N3O2/c1-3-16(2)7-9-19(10-8-16)15(20)13-6-4-5-12(11-13)14(17)18-21/h4-6,11,21H,3,7-10H2,1-2H3,(H2,17,18). The zero-order chi connectivity index (χ0) is 15.5. The first kappa shape index (κ1) is 15.4. The molecule has 0 aliphatic carbocycles. The largest absolute Gasteiger partial charge is 0.409 e. The van der Waals surface area contributed by atoms with E-state index in [4.69, 9.17) is 10.9 Å². The lowest BCUT2D eigenvalue weighted by Gasteiger charge is -2.39. The lowest BCUT2D eigenvalue weighted by Crippen LogP contribution is -2.42. The maximum atomic E-state index is 12.5. The molecule has 1 heterocycles. The number of likely N-dealkylation sites (tertiary alicyclic amines) is 1. The van der Waals surface area contributed by atoms with Crippen LogP contribution in [0.5, 0.6) is 0 Å². The van der Waals surface area contributed by atoms with Crippen LogP contribution in [0.15, 0.2) is 29.4 Å². The van der Waals surface area contributed by atoms with E-state index in [0.29, 0.717) is 16.5 Å². The van der Waals surface area contributed by atoms with Crippen molar-refractivity contribution >= 4 is 11.7 Å². The van der Waals surface area contributed by atoms with Gasteiger partial charge < -0.3 is 15.8 Å². The Balaban J connectivity index is 2.11. The minimum absolute atomic E-state index is 0.0146. The average molecular weight is 289 g/mol. The summed E-state index contributed by atoms with van der Waals surface area (Å²) >= 11 is 0. The normalized spacial score (nSPS) is 18.6. The van der Waals surface area contributed by atoms with E-state index in [1.54, 1.807) is 24.3 Å². The Morgan fingerprint density at radius 1 is 1.38 bits per heavy atom. The first-order valence-corrected chi connectivity index (χ1v) is 7.36. The van der Waals surface area contributed by atoms with Crippen molar-refractivity contribution in [1.82, 2.24) is 4.90 Å². The molecule has 0 saturated carbocycles. The van der Waals surface area contributed by atoms with Crippen LogP contribution < -0.4 is 5.73 Å². The molecule has 1 aromatic carbocycles. The van der Waals surface area contributed by atoms with Gasteiger partial charge in [-0.15, -0.1) is 0 Å². The molecular formula is C16H23N3O2. The lowest BCUT2D eigenvalue weighted by atomic mass is 9.78. The van der Waals surface area contributed by atoms with Crippen LogP contribution in [0, 0.1) is 5.41 Å². The van der Waals surface area contributed by atoms with E-state index in [1.165, 1.54) is 0 Å². The highest BCUT2D eigenvalue weighted by molar-refractivity contribution is 6.01. The minimum atomic E-state index is 0.0146. The topological polar surface area (TPSA) is 78.9 Å². The number of benzene rings is 1. The second-order valence-electron chi connectivity index (χ2n) is 6.02. The Morgan fingerprint density at radius 2 is 2.00 bits per heavy atom. The number of nitrogens with zero attached hydrogens (tertiary/aromatic N) is 2. The molecule has 1 fully saturated rings. The molecule has 0 unspecified atom stereocenters. The van der Waals surface area contributed by atoms with E-state index in [1.807, 2.05) is 4.90 Å². The van der Waals surface area contributed by atoms with Crippen LogP contribution in [0.25, 0.3) is 0 Å². The predicted molar refractivity (Wildman–Crippen MR) is 82.5 cm³/mol. The molecule has 0 spiro atoms. The van der Waals surface area contributed by atoms with Gasteiger partial charge in [0.2, 0.25) is 0 Å². The van der Waals surface area contributed by atoms with Gasteiger partial charge in [0.05, 0.1) is 0 Å². The SMILES string of the molecule is CCC1(C)CCN(C(=O)c2cccc(C(N)=NO)c2)CC1. The van der Waals surface area contributed by atoms with Gasteiger partial charge in [-0.25, -0.2) is 0 Å². The molecule has 3 N–H and O–H groups in total. The Hall–Kier alpha value is -2.04. The molecule has 5 heteroatoms. The second kappa shape index (κ2) is 6.16. The zero-order valence-corrected chi connectivity index (χ0v) is 12.7. The van der Waals surface area contributed by atoms with Crippen molar-refractivity contribution < 1.29 is 10.0 Å². The third-order valence-electron chi connectivity index (χ3n) is 4.62. The van der Waals surface area contributed by atoms with E-state index < -0.39 is 0 Å². The Labute approximate surface area is 125 Å². The molecule has 0 bridgehead atoms. The van der Waals surface area contributed by atoms with E-state index in [2.05, 4.69) is 19.0 Å². The fourth-order valence-corrected chi connectivity index (χ4v) is 2.66. The monoisotopic (exact) mass is 289 g/mol. The highest BCUT2D eigenvalue weighted by Crippen LogP contribution is 2.34. The van der Waals surface area contributed by atoms with Crippen LogP contribution in [0.2, 0.25) is 0 Å². The molecule has 5 nitrogen and oxygen atoms in total. The van der Waals surface area contributed by atoms with Gasteiger partial charge in [-0.3, -0.25) is 4.79 Å². The van der Waals surface area contributed by atoms with E-state index in [0.717, 1.165) is 32.4 Å². The second-order valence-corrected chi connectivity index (χ2v) is 6.02. The summed E-state index contributed by atoms with van der Waals surface area (Å²) in [5.41, 5.74) is 7.06. The van der Waals surface area contributed by atoms with Crippen molar-refractivity contribution in [2.75, 3.05) is 13.1 Å². The summed E-state index contributed by atoms with van der Waals surface area (Å²) in [5, 5.41) is 11.7. The van der Waals surface area contributed by atoms with Gasteiger partial charge in [-0.1, -0.05) is 37.6 Å². The van der Waals surface area contributed by atoms with Crippen LogP contribution in [-0.2, 0) is 0 Å². The number of nitrogens with two attached hydrogens (primary N) is 1. The molecule has 1 amide bonds. The maximum absolute atomic E-state index is 12.5. The van der Waals surface area contributed by atoms with E-state index >= 15 is 0 Å². The summed E-state index contributed by atoms with van der Waals surface area (Å²) in [6.45, 7) is 6.07. The Bertz CT molecular complexity index is 546. The average Bonchev–Trinajstić information content (AvgIpc) is 2.54. The van der Waals surface area contributed by atoms with E-state index in [-0.39, 0.29) is 11.7 Å². The quantitative estimate of drug-likeness (QED) is 0.388. The van der Waals surface area contributed by atoms with Crippen molar-refractivity contribution in [1.29, 1.82) is 0 Å². The summed E-state index contributed by atoms with van der Waals surface area (Å²) in [6, 6.07) is 6.91. The van der Waals surface area contributed by atoms with Gasteiger partial charge in [-0.05, 0) is 30.4 Å². The number of oxime groups is 1. The third kappa shape index (κ3) is 3.35. The fraction of sp³-hybridized carbons (Fsp3) is 0.500. The van der Waals surface area contributed by atoms with Crippen LogP contribution >= 0.6 is 0 Å². The summed E-state index contributed by atoms with van der Waals surface area (Å²) in [7, 11) is 0. The number of carbonyl (C=O) groups excluding carboxylic acids is 1. The van der Waals surface area contributed by atoms with Gasteiger partial charge in [0, 0.05) is 24.2 Å². The molecule has 1 aliphatic rings. The maximum Gasteiger partial charge on any atom is 0.253 e. The van der Waals surface area contributed by atoms with Crippen molar-refractivity contribution in [3.63, 3.8) is 0 Å². The zero-order valence-electron chi connectivity index (χ0n) is 12.7. The first-order chi connectivity index (χ1) is 9.99. The molecule has 1 saturated heterocycles. The number of rotatable bonds is 3. The number of carbonyl (C=O) groups is 1. The molecule has 1 aromatic rings. The Morgan fingerprint density at radius 3 is 2.57 bits per heavy atom. The van der Waals surface area contributed by atoms with Gasteiger partial charge in [-0.2, -0.15) is 0 Å². The lowest BCUT2D eigenvalue weighted by molar-refractivity contribution is 0.0600. The highest BCUT2D eigenvalue weighted by atomic mass is 16.4. The number of piperidine rings is 1. The molecule has 114 valence electrons. The molecule has 0 aromatic heterocycles. The Kier molecular flexibility index (Phi) is 4.50. The van der Waals surface area contributed by atoms with Crippen LogP contribution in [0.1, 0.15) is 49.0 Å². The summed E-state index contributed by atoms with van der Waals surface area (Å²) < 4.78 is 0. The minimum Gasteiger partial charge on any atom is -0.409 e. The van der Waals surface area contributed by atoms with Crippen LogP contribution in [0.4, 0.5) is 0 Å². The molecule has 2 rings (SSSR count). The first-order valence-electron chi connectivity index (χ1n) is 7.36. The van der Waals surface area contributed by atoms with Crippen molar-refractivity contribution in [3.8, 4) is 0 Å². The van der Waals surface area contributed by atoms with Crippen LogP contribution in [0.3, 0.4) is 0 Å². The fourth-order valence-electron chi connectivity index (χ4n) is 2.66. The molecule has 0 atom stereocenters. The number of amides is 1. The summed E-state index contributed by atoms with van der Waals surface area (Å²) in [6.07, 6.45) is 3.22. The molecule has 21 heavy (non-hydrogen) atoms. The number of hydrogen-bond donors (Lipinski definition) is 2. The van der Waals surface area contributed by atoms with E-state index in [9.17, 15) is 4.79 Å². The van der Waals surface area contributed by atoms with Gasteiger partial charge in [0.15, 0.2) is 5.84 Å². The van der Waals surface area contributed by atoms with Crippen molar-refractivity contribution in [2.45, 2.75) is 33.1 Å². The van der Waals surface area contributed by atoms with Gasteiger partial charge in [0.25, 0.3) is 5.91 Å².